The fourth-order valence-electron chi connectivity index (χ4n) is 2.03. The zero-order valence-corrected chi connectivity index (χ0v) is 13.1. The number of aromatic amines is 1. The SMILES string of the molecule is CN(C)c1ccc(NC(=O)c2cc(-c3cccs3)[nH]n2)cc1. The second-order valence-electron chi connectivity index (χ2n) is 5.04. The summed E-state index contributed by atoms with van der Waals surface area (Å²) in [6, 6.07) is 13.4. The maximum absolute atomic E-state index is 12.2. The second kappa shape index (κ2) is 6.03. The number of rotatable bonds is 4. The highest BCUT2D eigenvalue weighted by atomic mass is 32.1. The third-order valence-electron chi connectivity index (χ3n) is 3.24. The zero-order valence-electron chi connectivity index (χ0n) is 12.3. The number of aromatic nitrogens is 2. The summed E-state index contributed by atoms with van der Waals surface area (Å²) in [6.07, 6.45) is 0. The number of hydrogen-bond donors (Lipinski definition) is 2. The predicted molar refractivity (Wildman–Crippen MR) is 90.6 cm³/mol. The standard InChI is InChI=1S/C16H16N4OS/c1-20(2)12-7-5-11(6-8-12)17-16(21)14-10-13(18-19-14)15-4-3-9-22-15/h3-10H,1-2H3,(H,17,21)(H,18,19). The van der Waals surface area contributed by atoms with Crippen molar-refractivity contribution in [1.29, 1.82) is 0 Å². The van der Waals surface area contributed by atoms with Gasteiger partial charge in [0, 0.05) is 25.5 Å². The first kappa shape index (κ1) is 14.3. The summed E-state index contributed by atoms with van der Waals surface area (Å²) >= 11 is 1.60. The van der Waals surface area contributed by atoms with E-state index in [1.807, 2.05) is 60.8 Å². The summed E-state index contributed by atoms with van der Waals surface area (Å²) in [7, 11) is 3.95. The van der Waals surface area contributed by atoms with Crippen molar-refractivity contribution in [3.05, 3.63) is 53.5 Å². The van der Waals surface area contributed by atoms with Crippen molar-refractivity contribution in [3.8, 4) is 10.6 Å². The van der Waals surface area contributed by atoms with Gasteiger partial charge in [0.15, 0.2) is 5.69 Å². The zero-order chi connectivity index (χ0) is 15.5. The molecule has 0 fully saturated rings. The molecule has 1 aromatic carbocycles. The molecule has 0 unspecified atom stereocenters. The number of nitrogens with one attached hydrogen (secondary N) is 2. The smallest absolute Gasteiger partial charge is 0.276 e. The van der Waals surface area contributed by atoms with Crippen molar-refractivity contribution >= 4 is 28.6 Å². The van der Waals surface area contributed by atoms with Gasteiger partial charge in [-0.3, -0.25) is 9.89 Å². The van der Waals surface area contributed by atoms with Crippen LogP contribution in [0.2, 0.25) is 0 Å². The Morgan fingerprint density at radius 1 is 1.23 bits per heavy atom. The molecule has 2 aromatic heterocycles. The van der Waals surface area contributed by atoms with Crippen LogP contribution in [0.15, 0.2) is 47.8 Å². The van der Waals surface area contributed by atoms with E-state index in [-0.39, 0.29) is 5.91 Å². The van der Waals surface area contributed by atoms with Gasteiger partial charge in [-0.2, -0.15) is 5.10 Å². The van der Waals surface area contributed by atoms with Crippen molar-refractivity contribution in [3.63, 3.8) is 0 Å². The van der Waals surface area contributed by atoms with Crippen LogP contribution in [0.4, 0.5) is 11.4 Å². The maximum Gasteiger partial charge on any atom is 0.276 e. The number of nitrogens with zero attached hydrogens (tertiary/aromatic N) is 2. The summed E-state index contributed by atoms with van der Waals surface area (Å²) in [5.74, 6) is -0.225. The van der Waals surface area contributed by atoms with Gasteiger partial charge in [0.05, 0.1) is 10.6 Å². The van der Waals surface area contributed by atoms with Gasteiger partial charge in [-0.25, -0.2) is 0 Å². The maximum atomic E-state index is 12.2. The van der Waals surface area contributed by atoms with Crippen molar-refractivity contribution in [1.82, 2.24) is 10.2 Å². The van der Waals surface area contributed by atoms with Gasteiger partial charge in [-0.15, -0.1) is 11.3 Å². The Kier molecular flexibility index (Phi) is 3.93. The second-order valence-corrected chi connectivity index (χ2v) is 5.99. The quantitative estimate of drug-likeness (QED) is 0.775. The number of anilines is 2. The van der Waals surface area contributed by atoms with Crippen LogP contribution in [0.25, 0.3) is 10.6 Å². The highest BCUT2D eigenvalue weighted by Gasteiger charge is 2.12. The van der Waals surface area contributed by atoms with E-state index in [0.717, 1.165) is 21.9 Å². The number of hydrogen-bond acceptors (Lipinski definition) is 4. The molecule has 112 valence electrons. The number of carbonyl (C=O) groups excluding carboxylic acids is 1. The molecule has 3 aromatic rings. The van der Waals surface area contributed by atoms with Crippen LogP contribution in [0.5, 0.6) is 0 Å². The predicted octanol–water partition coefficient (Wildman–Crippen LogP) is 3.46. The van der Waals surface area contributed by atoms with Gasteiger partial charge < -0.3 is 10.2 Å². The van der Waals surface area contributed by atoms with E-state index in [4.69, 9.17) is 0 Å². The van der Waals surface area contributed by atoms with Crippen LogP contribution in [-0.2, 0) is 0 Å². The monoisotopic (exact) mass is 312 g/mol. The van der Waals surface area contributed by atoms with Crippen molar-refractivity contribution < 1.29 is 4.79 Å². The molecule has 0 saturated heterocycles. The minimum atomic E-state index is -0.225. The summed E-state index contributed by atoms with van der Waals surface area (Å²) in [4.78, 5) is 15.3. The Morgan fingerprint density at radius 3 is 2.64 bits per heavy atom. The summed E-state index contributed by atoms with van der Waals surface area (Å²) in [6.45, 7) is 0. The Labute approximate surface area is 132 Å². The van der Waals surface area contributed by atoms with E-state index in [1.165, 1.54) is 0 Å². The molecule has 0 bridgehead atoms. The van der Waals surface area contributed by atoms with E-state index in [9.17, 15) is 4.79 Å². The number of thiophene rings is 1. The van der Waals surface area contributed by atoms with E-state index in [1.54, 1.807) is 17.4 Å². The lowest BCUT2D eigenvalue weighted by Crippen LogP contribution is -2.13. The van der Waals surface area contributed by atoms with Crippen molar-refractivity contribution in [2.45, 2.75) is 0 Å². The molecule has 22 heavy (non-hydrogen) atoms. The summed E-state index contributed by atoms with van der Waals surface area (Å²) in [5.41, 5.74) is 3.05. The lowest BCUT2D eigenvalue weighted by atomic mass is 10.2. The molecule has 5 nitrogen and oxygen atoms in total. The van der Waals surface area contributed by atoms with Crippen molar-refractivity contribution in [2.75, 3.05) is 24.3 Å². The van der Waals surface area contributed by atoms with Crippen LogP contribution in [0, 0.1) is 0 Å². The average Bonchev–Trinajstić information content (AvgIpc) is 3.19. The number of H-pyrrole nitrogens is 1. The van der Waals surface area contributed by atoms with Crippen LogP contribution in [-0.4, -0.2) is 30.2 Å². The van der Waals surface area contributed by atoms with Crippen LogP contribution in [0.3, 0.4) is 0 Å². The molecule has 3 rings (SSSR count). The number of benzene rings is 1. The first-order valence-electron chi connectivity index (χ1n) is 6.81. The molecule has 0 saturated carbocycles. The van der Waals surface area contributed by atoms with E-state index >= 15 is 0 Å². The van der Waals surface area contributed by atoms with Gasteiger partial charge in [0.2, 0.25) is 0 Å². The normalized spacial score (nSPS) is 10.5. The van der Waals surface area contributed by atoms with Gasteiger partial charge in [-0.1, -0.05) is 6.07 Å². The molecule has 0 aliphatic rings. The molecule has 2 N–H and O–H groups in total. The largest absolute Gasteiger partial charge is 0.378 e. The first-order valence-corrected chi connectivity index (χ1v) is 7.69. The Hall–Kier alpha value is -2.60. The van der Waals surface area contributed by atoms with E-state index < -0.39 is 0 Å². The van der Waals surface area contributed by atoms with Crippen LogP contribution < -0.4 is 10.2 Å². The Balaban J connectivity index is 1.72. The molecule has 2 heterocycles. The fourth-order valence-corrected chi connectivity index (χ4v) is 2.73. The van der Waals surface area contributed by atoms with E-state index in [2.05, 4.69) is 15.5 Å². The summed E-state index contributed by atoms with van der Waals surface area (Å²) < 4.78 is 0. The minimum absolute atomic E-state index is 0.225. The van der Waals surface area contributed by atoms with Gasteiger partial charge in [0.25, 0.3) is 5.91 Å². The lowest BCUT2D eigenvalue weighted by molar-refractivity contribution is 0.102. The molecule has 0 atom stereocenters. The van der Waals surface area contributed by atoms with Gasteiger partial charge >= 0.3 is 0 Å². The van der Waals surface area contributed by atoms with E-state index in [0.29, 0.717) is 5.69 Å². The van der Waals surface area contributed by atoms with Crippen molar-refractivity contribution in [2.24, 2.45) is 0 Å². The van der Waals surface area contributed by atoms with Crippen LogP contribution >= 0.6 is 11.3 Å². The molecule has 0 radical (unpaired) electrons. The topological polar surface area (TPSA) is 61.0 Å². The fraction of sp³-hybridized carbons (Fsp3) is 0.125. The third-order valence-corrected chi connectivity index (χ3v) is 4.14. The van der Waals surface area contributed by atoms with Gasteiger partial charge in [0.1, 0.15) is 0 Å². The number of carbonyl (C=O) groups is 1. The summed E-state index contributed by atoms with van der Waals surface area (Å²) in [5, 5.41) is 11.8. The molecule has 0 aliphatic carbocycles. The molecule has 6 heteroatoms. The third kappa shape index (κ3) is 3.01. The highest BCUT2D eigenvalue weighted by Crippen LogP contribution is 2.23. The molecule has 0 spiro atoms. The molecule has 0 aliphatic heterocycles. The lowest BCUT2D eigenvalue weighted by Gasteiger charge is -2.12. The highest BCUT2D eigenvalue weighted by molar-refractivity contribution is 7.13. The Bertz CT molecular complexity index is 760. The minimum Gasteiger partial charge on any atom is -0.378 e. The molecule has 1 amide bonds. The first-order chi connectivity index (χ1) is 10.6. The van der Waals surface area contributed by atoms with Gasteiger partial charge in [-0.05, 0) is 41.8 Å². The molecular weight excluding hydrogens is 296 g/mol. The number of amides is 1. The Morgan fingerprint density at radius 2 is 2.00 bits per heavy atom. The van der Waals surface area contributed by atoms with Crippen LogP contribution in [0.1, 0.15) is 10.5 Å². The molecular formula is C16H16N4OS. The average molecular weight is 312 g/mol.